The zero-order valence-electron chi connectivity index (χ0n) is 10.6. The number of nitrogens with zero attached hydrogens (tertiary/aromatic N) is 1. The topological polar surface area (TPSA) is 94.4 Å². The van der Waals surface area contributed by atoms with Gasteiger partial charge in [-0.3, -0.25) is 0 Å². The number of nitrogens with one attached hydrogen (secondary N) is 2. The van der Waals surface area contributed by atoms with Crippen molar-refractivity contribution in [3.05, 3.63) is 0 Å². The number of ether oxygens (including phenoxy) is 1. The summed E-state index contributed by atoms with van der Waals surface area (Å²) in [4.78, 5) is 11.3. The number of aliphatic hydroxyl groups is 1. The molecule has 0 aliphatic rings. The standard InChI is InChI=1S/C11H21N3O3/c1-11(2,3)17-10(16)14-8-9(7-12)13-5-4-6-15/h9,13,15H,4-6,8H2,1-3H3,(H,14,16). The van der Waals surface area contributed by atoms with E-state index in [2.05, 4.69) is 10.6 Å². The Hall–Kier alpha value is -1.32. The number of alkyl carbamates (subject to hydrolysis) is 1. The maximum Gasteiger partial charge on any atom is 0.407 e. The molecule has 0 saturated carbocycles. The quantitative estimate of drug-likeness (QED) is 0.586. The first kappa shape index (κ1) is 15.7. The maximum absolute atomic E-state index is 11.3. The highest BCUT2D eigenvalue weighted by atomic mass is 16.6. The summed E-state index contributed by atoms with van der Waals surface area (Å²) in [6.07, 6.45) is 0.0339. The van der Waals surface area contributed by atoms with Crippen LogP contribution >= 0.6 is 0 Å². The first-order valence-electron chi connectivity index (χ1n) is 5.59. The van der Waals surface area contributed by atoms with Crippen LogP contribution < -0.4 is 10.6 Å². The summed E-state index contributed by atoms with van der Waals surface area (Å²) in [5.41, 5.74) is -0.545. The van der Waals surface area contributed by atoms with E-state index in [0.29, 0.717) is 13.0 Å². The molecule has 0 heterocycles. The Labute approximate surface area is 102 Å². The minimum Gasteiger partial charge on any atom is -0.444 e. The summed E-state index contributed by atoms with van der Waals surface area (Å²) in [5, 5.41) is 22.8. The number of hydrogen-bond donors (Lipinski definition) is 3. The van der Waals surface area contributed by atoms with Gasteiger partial charge in [0.15, 0.2) is 0 Å². The molecule has 6 nitrogen and oxygen atoms in total. The Bertz CT molecular complexity index is 268. The molecule has 0 spiro atoms. The summed E-state index contributed by atoms with van der Waals surface area (Å²) in [7, 11) is 0. The lowest BCUT2D eigenvalue weighted by Gasteiger charge is -2.20. The second-order valence-electron chi connectivity index (χ2n) is 4.60. The van der Waals surface area contributed by atoms with Gasteiger partial charge in [-0.05, 0) is 33.7 Å². The lowest BCUT2D eigenvalue weighted by atomic mass is 10.2. The maximum atomic E-state index is 11.3. The van der Waals surface area contributed by atoms with Gasteiger partial charge in [0, 0.05) is 13.2 Å². The van der Waals surface area contributed by atoms with Crippen LogP contribution in [-0.4, -0.2) is 42.5 Å². The van der Waals surface area contributed by atoms with E-state index in [9.17, 15) is 4.79 Å². The number of amides is 1. The summed E-state index contributed by atoms with van der Waals surface area (Å²) < 4.78 is 5.03. The van der Waals surface area contributed by atoms with Crippen molar-refractivity contribution in [3.8, 4) is 6.07 Å². The highest BCUT2D eigenvalue weighted by Crippen LogP contribution is 2.06. The summed E-state index contributed by atoms with van der Waals surface area (Å²) in [6.45, 7) is 6.10. The Morgan fingerprint density at radius 3 is 2.65 bits per heavy atom. The van der Waals surface area contributed by atoms with Gasteiger partial charge in [-0.1, -0.05) is 0 Å². The third kappa shape index (κ3) is 9.60. The monoisotopic (exact) mass is 243 g/mol. The average Bonchev–Trinajstić information content (AvgIpc) is 2.20. The molecule has 0 saturated heterocycles. The minimum absolute atomic E-state index is 0.0741. The molecule has 6 heteroatoms. The SMILES string of the molecule is CC(C)(C)OC(=O)NCC(C#N)NCCCO. The van der Waals surface area contributed by atoms with Crippen molar-refractivity contribution in [2.45, 2.75) is 38.8 Å². The molecule has 98 valence electrons. The van der Waals surface area contributed by atoms with E-state index in [1.807, 2.05) is 6.07 Å². The molecule has 0 aliphatic heterocycles. The molecule has 0 aromatic rings. The average molecular weight is 243 g/mol. The first-order valence-corrected chi connectivity index (χ1v) is 5.59. The molecule has 0 radical (unpaired) electrons. The number of nitriles is 1. The van der Waals surface area contributed by atoms with Crippen LogP contribution in [0.4, 0.5) is 4.79 Å². The fourth-order valence-electron chi connectivity index (χ4n) is 1.02. The van der Waals surface area contributed by atoms with Crippen LogP contribution in [0.2, 0.25) is 0 Å². The number of hydrogen-bond acceptors (Lipinski definition) is 5. The Morgan fingerprint density at radius 1 is 1.53 bits per heavy atom. The minimum atomic E-state index is -0.545. The van der Waals surface area contributed by atoms with E-state index >= 15 is 0 Å². The predicted molar refractivity (Wildman–Crippen MR) is 63.3 cm³/mol. The Morgan fingerprint density at radius 2 is 2.18 bits per heavy atom. The van der Waals surface area contributed by atoms with E-state index in [1.54, 1.807) is 20.8 Å². The van der Waals surface area contributed by atoms with Crippen LogP contribution in [0, 0.1) is 11.3 Å². The molecule has 1 unspecified atom stereocenters. The molecule has 0 fully saturated rings. The number of carbonyl (C=O) groups is 1. The third-order valence-electron chi connectivity index (χ3n) is 1.73. The Kier molecular flexibility index (Phi) is 7.26. The lowest BCUT2D eigenvalue weighted by Crippen LogP contribution is -2.42. The van der Waals surface area contributed by atoms with Gasteiger partial charge >= 0.3 is 6.09 Å². The second kappa shape index (κ2) is 7.87. The van der Waals surface area contributed by atoms with Gasteiger partial charge in [0.1, 0.15) is 11.6 Å². The molecule has 0 rings (SSSR count). The molecule has 1 atom stereocenters. The van der Waals surface area contributed by atoms with Crippen LogP contribution in [0.3, 0.4) is 0 Å². The van der Waals surface area contributed by atoms with Crippen LogP contribution in [-0.2, 0) is 4.74 Å². The van der Waals surface area contributed by atoms with Gasteiger partial charge in [0.25, 0.3) is 0 Å². The summed E-state index contributed by atoms with van der Waals surface area (Å²) >= 11 is 0. The van der Waals surface area contributed by atoms with Crippen LogP contribution in [0.15, 0.2) is 0 Å². The zero-order valence-corrected chi connectivity index (χ0v) is 10.6. The number of carbonyl (C=O) groups excluding carboxylic acids is 1. The van der Waals surface area contributed by atoms with Crippen molar-refractivity contribution >= 4 is 6.09 Å². The predicted octanol–water partition coefficient (Wildman–Crippen LogP) is 0.375. The fraction of sp³-hybridized carbons (Fsp3) is 0.818. The van der Waals surface area contributed by atoms with Crippen molar-refractivity contribution in [1.29, 1.82) is 5.26 Å². The van der Waals surface area contributed by atoms with Gasteiger partial charge in [0.2, 0.25) is 0 Å². The van der Waals surface area contributed by atoms with E-state index in [-0.39, 0.29) is 13.2 Å². The summed E-state index contributed by atoms with van der Waals surface area (Å²) in [6, 6.07) is 1.54. The van der Waals surface area contributed by atoms with Crippen molar-refractivity contribution in [2.24, 2.45) is 0 Å². The van der Waals surface area contributed by atoms with Gasteiger partial charge in [-0.2, -0.15) is 5.26 Å². The van der Waals surface area contributed by atoms with Crippen LogP contribution in [0.1, 0.15) is 27.2 Å². The first-order chi connectivity index (χ1) is 7.89. The van der Waals surface area contributed by atoms with E-state index in [1.165, 1.54) is 0 Å². The van der Waals surface area contributed by atoms with Gasteiger partial charge in [-0.25, -0.2) is 4.79 Å². The van der Waals surface area contributed by atoms with Gasteiger partial charge < -0.3 is 20.5 Å². The Balaban J connectivity index is 3.83. The number of rotatable bonds is 6. The molecule has 0 aromatic heterocycles. The molecular formula is C11H21N3O3. The summed E-state index contributed by atoms with van der Waals surface area (Å²) in [5.74, 6) is 0. The van der Waals surface area contributed by atoms with E-state index in [4.69, 9.17) is 15.1 Å². The lowest BCUT2D eigenvalue weighted by molar-refractivity contribution is 0.0525. The highest BCUT2D eigenvalue weighted by Gasteiger charge is 2.16. The second-order valence-corrected chi connectivity index (χ2v) is 4.60. The van der Waals surface area contributed by atoms with Crippen molar-refractivity contribution in [3.63, 3.8) is 0 Å². The van der Waals surface area contributed by atoms with Crippen molar-refractivity contribution in [2.75, 3.05) is 19.7 Å². The van der Waals surface area contributed by atoms with Crippen molar-refractivity contribution < 1.29 is 14.6 Å². The molecule has 0 bridgehead atoms. The van der Waals surface area contributed by atoms with Crippen LogP contribution in [0.5, 0.6) is 0 Å². The smallest absolute Gasteiger partial charge is 0.407 e. The molecule has 3 N–H and O–H groups in total. The highest BCUT2D eigenvalue weighted by molar-refractivity contribution is 5.67. The van der Waals surface area contributed by atoms with Crippen molar-refractivity contribution in [1.82, 2.24) is 10.6 Å². The zero-order chi connectivity index (χ0) is 13.3. The fourth-order valence-corrected chi connectivity index (χ4v) is 1.02. The number of aliphatic hydroxyl groups excluding tert-OH is 1. The van der Waals surface area contributed by atoms with Gasteiger partial charge in [0.05, 0.1) is 6.07 Å². The molecule has 1 amide bonds. The molecule has 0 aliphatic carbocycles. The third-order valence-corrected chi connectivity index (χ3v) is 1.73. The molecule has 0 aromatic carbocycles. The molecular weight excluding hydrogens is 222 g/mol. The van der Waals surface area contributed by atoms with E-state index in [0.717, 1.165) is 0 Å². The van der Waals surface area contributed by atoms with Crippen LogP contribution in [0.25, 0.3) is 0 Å². The van der Waals surface area contributed by atoms with Gasteiger partial charge in [-0.15, -0.1) is 0 Å². The largest absolute Gasteiger partial charge is 0.444 e. The normalized spacial score (nSPS) is 12.6. The molecule has 17 heavy (non-hydrogen) atoms. The van der Waals surface area contributed by atoms with E-state index < -0.39 is 17.7 Å².